The summed E-state index contributed by atoms with van der Waals surface area (Å²) in [6.07, 6.45) is 8.17. The van der Waals surface area contributed by atoms with E-state index < -0.39 is 0 Å². The maximum absolute atomic E-state index is 12.8. The Bertz CT molecular complexity index is 883. The van der Waals surface area contributed by atoms with Gasteiger partial charge in [0.2, 0.25) is 23.5 Å². The topological polar surface area (TPSA) is 105 Å². The zero-order valence-corrected chi connectivity index (χ0v) is 16.7. The predicted octanol–water partition coefficient (Wildman–Crippen LogP) is 1.81. The standard InChI is InChI=1S/C20H26N6O3/c1-2-16-23-20(24-29-16)15-10-21-13-22-19(15)14-7-9-26(11-14)18(28)12-25-8-5-3-4-6-17(25)27/h10,13-14H,2-9,11-12H2,1H3/t14-/m1/s1. The van der Waals surface area contributed by atoms with E-state index in [0.29, 0.717) is 44.2 Å². The number of rotatable bonds is 5. The van der Waals surface area contributed by atoms with Crippen molar-refractivity contribution < 1.29 is 14.1 Å². The average Bonchev–Trinajstić information content (AvgIpc) is 3.38. The summed E-state index contributed by atoms with van der Waals surface area (Å²) < 4.78 is 5.23. The first-order valence-corrected chi connectivity index (χ1v) is 10.3. The van der Waals surface area contributed by atoms with Crippen molar-refractivity contribution in [3.05, 3.63) is 24.1 Å². The predicted molar refractivity (Wildman–Crippen MR) is 104 cm³/mol. The first kappa shape index (κ1) is 19.5. The van der Waals surface area contributed by atoms with E-state index in [0.717, 1.165) is 36.9 Å². The van der Waals surface area contributed by atoms with Crippen molar-refractivity contribution in [2.24, 2.45) is 0 Å². The van der Waals surface area contributed by atoms with Crippen LogP contribution in [0.3, 0.4) is 0 Å². The molecule has 9 heteroatoms. The minimum absolute atomic E-state index is 0.00573. The Morgan fingerprint density at radius 3 is 3.00 bits per heavy atom. The molecule has 2 aromatic rings. The van der Waals surface area contributed by atoms with Gasteiger partial charge in [0.15, 0.2) is 0 Å². The molecule has 4 rings (SSSR count). The number of hydrogen-bond donors (Lipinski definition) is 0. The van der Waals surface area contributed by atoms with Crippen LogP contribution in [0, 0.1) is 0 Å². The molecule has 9 nitrogen and oxygen atoms in total. The molecule has 2 amide bonds. The van der Waals surface area contributed by atoms with Crippen molar-refractivity contribution in [3.63, 3.8) is 0 Å². The van der Waals surface area contributed by atoms with Crippen LogP contribution < -0.4 is 0 Å². The fourth-order valence-corrected chi connectivity index (χ4v) is 4.02. The van der Waals surface area contributed by atoms with Gasteiger partial charge in [0, 0.05) is 44.6 Å². The molecule has 2 aliphatic rings. The van der Waals surface area contributed by atoms with Gasteiger partial charge < -0.3 is 14.3 Å². The lowest BCUT2D eigenvalue weighted by molar-refractivity contribution is -0.139. The van der Waals surface area contributed by atoms with Crippen molar-refractivity contribution in [2.45, 2.75) is 51.4 Å². The van der Waals surface area contributed by atoms with Gasteiger partial charge in [0.1, 0.15) is 6.33 Å². The molecule has 4 heterocycles. The van der Waals surface area contributed by atoms with E-state index in [1.807, 2.05) is 11.8 Å². The smallest absolute Gasteiger partial charge is 0.242 e. The quantitative estimate of drug-likeness (QED) is 0.756. The molecule has 0 aliphatic carbocycles. The number of carbonyl (C=O) groups is 2. The summed E-state index contributed by atoms with van der Waals surface area (Å²) in [6.45, 7) is 4.03. The number of aromatic nitrogens is 4. The van der Waals surface area contributed by atoms with Crippen molar-refractivity contribution in [3.8, 4) is 11.4 Å². The highest BCUT2D eigenvalue weighted by molar-refractivity contribution is 5.85. The molecule has 154 valence electrons. The van der Waals surface area contributed by atoms with Gasteiger partial charge in [-0.15, -0.1) is 0 Å². The summed E-state index contributed by atoms with van der Waals surface area (Å²) in [4.78, 5) is 41.5. The zero-order valence-electron chi connectivity index (χ0n) is 16.7. The van der Waals surface area contributed by atoms with E-state index >= 15 is 0 Å². The maximum Gasteiger partial charge on any atom is 0.242 e. The summed E-state index contributed by atoms with van der Waals surface area (Å²) in [5.41, 5.74) is 1.59. The van der Waals surface area contributed by atoms with Crippen LogP contribution in [0.25, 0.3) is 11.4 Å². The molecule has 0 saturated carbocycles. The van der Waals surface area contributed by atoms with E-state index in [1.54, 1.807) is 11.1 Å². The summed E-state index contributed by atoms with van der Waals surface area (Å²) in [5, 5.41) is 4.05. The Balaban J connectivity index is 1.45. The second-order valence-electron chi connectivity index (χ2n) is 7.64. The zero-order chi connectivity index (χ0) is 20.2. The van der Waals surface area contributed by atoms with E-state index in [4.69, 9.17) is 4.52 Å². The third-order valence-corrected chi connectivity index (χ3v) is 5.68. The molecule has 2 saturated heterocycles. The van der Waals surface area contributed by atoms with Crippen LogP contribution in [0.2, 0.25) is 0 Å². The average molecular weight is 398 g/mol. The lowest BCUT2D eigenvalue weighted by Gasteiger charge is -2.24. The van der Waals surface area contributed by atoms with Crippen LogP contribution in [-0.4, -0.2) is 67.9 Å². The van der Waals surface area contributed by atoms with Gasteiger partial charge in [-0.3, -0.25) is 9.59 Å². The van der Waals surface area contributed by atoms with Crippen molar-refractivity contribution in [2.75, 3.05) is 26.2 Å². The number of amides is 2. The highest BCUT2D eigenvalue weighted by Gasteiger charge is 2.32. The molecule has 0 N–H and O–H groups in total. The minimum atomic E-state index is 0.00573. The van der Waals surface area contributed by atoms with Gasteiger partial charge in [-0.1, -0.05) is 18.5 Å². The second kappa shape index (κ2) is 8.67. The number of likely N-dealkylation sites (tertiary alicyclic amines) is 2. The molecule has 0 bridgehead atoms. The first-order chi connectivity index (χ1) is 14.2. The third kappa shape index (κ3) is 4.28. The van der Waals surface area contributed by atoms with Crippen LogP contribution in [-0.2, 0) is 16.0 Å². The SMILES string of the molecule is CCc1nc(-c2cncnc2[C@@H]2CCN(C(=O)CN3CCCCCC3=O)C2)no1. The molecular formula is C20H26N6O3. The summed E-state index contributed by atoms with van der Waals surface area (Å²) in [5.74, 6) is 1.23. The molecule has 1 atom stereocenters. The van der Waals surface area contributed by atoms with Crippen molar-refractivity contribution >= 4 is 11.8 Å². The highest BCUT2D eigenvalue weighted by atomic mass is 16.5. The summed E-state index contributed by atoms with van der Waals surface area (Å²) >= 11 is 0. The maximum atomic E-state index is 12.8. The number of carbonyl (C=O) groups excluding carboxylic acids is 2. The van der Waals surface area contributed by atoms with Gasteiger partial charge in [0.05, 0.1) is 17.8 Å². The molecular weight excluding hydrogens is 372 g/mol. The lowest BCUT2D eigenvalue weighted by Crippen LogP contribution is -2.41. The largest absolute Gasteiger partial charge is 0.340 e. The van der Waals surface area contributed by atoms with Gasteiger partial charge in [-0.25, -0.2) is 9.97 Å². The minimum Gasteiger partial charge on any atom is -0.340 e. The third-order valence-electron chi connectivity index (χ3n) is 5.68. The normalized spacial score (nSPS) is 20.2. The van der Waals surface area contributed by atoms with Crippen molar-refractivity contribution in [1.82, 2.24) is 29.9 Å². The number of aryl methyl sites for hydroxylation is 1. The van der Waals surface area contributed by atoms with Crippen LogP contribution in [0.1, 0.15) is 56.5 Å². The fourth-order valence-electron chi connectivity index (χ4n) is 4.02. The molecule has 0 radical (unpaired) electrons. The Kier molecular flexibility index (Phi) is 5.82. The molecule has 2 fully saturated rings. The van der Waals surface area contributed by atoms with Crippen LogP contribution in [0.4, 0.5) is 0 Å². The number of hydrogen-bond acceptors (Lipinski definition) is 7. The van der Waals surface area contributed by atoms with E-state index in [2.05, 4.69) is 20.1 Å². The van der Waals surface area contributed by atoms with Gasteiger partial charge >= 0.3 is 0 Å². The van der Waals surface area contributed by atoms with Gasteiger partial charge in [0.25, 0.3) is 0 Å². The first-order valence-electron chi connectivity index (χ1n) is 10.3. The van der Waals surface area contributed by atoms with Crippen LogP contribution in [0.15, 0.2) is 17.0 Å². The highest BCUT2D eigenvalue weighted by Crippen LogP contribution is 2.32. The van der Waals surface area contributed by atoms with Crippen LogP contribution in [0.5, 0.6) is 0 Å². The Hall–Kier alpha value is -2.84. The molecule has 29 heavy (non-hydrogen) atoms. The second-order valence-corrected chi connectivity index (χ2v) is 7.64. The summed E-state index contributed by atoms with van der Waals surface area (Å²) in [7, 11) is 0. The monoisotopic (exact) mass is 398 g/mol. The van der Waals surface area contributed by atoms with E-state index in [9.17, 15) is 9.59 Å². The number of nitrogens with zero attached hydrogens (tertiary/aromatic N) is 6. The molecule has 2 aliphatic heterocycles. The molecule has 2 aromatic heterocycles. The Labute approximate surface area is 169 Å². The Morgan fingerprint density at radius 2 is 2.17 bits per heavy atom. The van der Waals surface area contributed by atoms with E-state index in [1.165, 1.54) is 6.33 Å². The summed E-state index contributed by atoms with van der Waals surface area (Å²) in [6, 6.07) is 0. The molecule has 0 spiro atoms. The molecule has 0 unspecified atom stereocenters. The molecule has 0 aromatic carbocycles. The van der Waals surface area contributed by atoms with Gasteiger partial charge in [-0.05, 0) is 19.3 Å². The Morgan fingerprint density at radius 1 is 1.28 bits per heavy atom. The van der Waals surface area contributed by atoms with E-state index in [-0.39, 0.29) is 24.3 Å². The fraction of sp³-hybridized carbons (Fsp3) is 0.600. The van der Waals surface area contributed by atoms with Crippen LogP contribution >= 0.6 is 0 Å². The van der Waals surface area contributed by atoms with Crippen molar-refractivity contribution in [1.29, 1.82) is 0 Å². The van der Waals surface area contributed by atoms with Gasteiger partial charge in [-0.2, -0.15) is 4.98 Å². The lowest BCUT2D eigenvalue weighted by atomic mass is 10.00.